The zero-order valence-electron chi connectivity index (χ0n) is 15.2. The van der Waals surface area contributed by atoms with E-state index in [1.54, 1.807) is 6.92 Å². The first-order chi connectivity index (χ1) is 11.6. The van der Waals surface area contributed by atoms with Gasteiger partial charge >= 0.3 is 0 Å². The van der Waals surface area contributed by atoms with Crippen LogP contribution in [0.2, 0.25) is 0 Å². The van der Waals surface area contributed by atoms with Gasteiger partial charge in [0.15, 0.2) is 11.6 Å². The lowest BCUT2D eigenvalue weighted by atomic mass is 9.46. The van der Waals surface area contributed by atoms with Crippen molar-refractivity contribution in [3.8, 4) is 0 Å². The van der Waals surface area contributed by atoms with Crippen LogP contribution in [0.5, 0.6) is 0 Å². The largest absolute Gasteiger partial charge is 0.295 e. The molecule has 25 heavy (non-hydrogen) atoms. The Balaban J connectivity index is 1.76. The van der Waals surface area contributed by atoms with Gasteiger partial charge in [0.1, 0.15) is 0 Å². The summed E-state index contributed by atoms with van der Waals surface area (Å²) >= 11 is 0. The Bertz CT molecular complexity index is 719. The minimum atomic E-state index is -2.91. The topological polar surface area (TPSA) is 34.1 Å². The van der Waals surface area contributed by atoms with Crippen molar-refractivity contribution in [1.82, 2.24) is 0 Å². The minimum absolute atomic E-state index is 0.0823. The highest BCUT2D eigenvalue weighted by Crippen LogP contribution is 2.67. The first-order valence-corrected chi connectivity index (χ1v) is 9.44. The van der Waals surface area contributed by atoms with Crippen LogP contribution in [0.25, 0.3) is 0 Å². The van der Waals surface area contributed by atoms with Crippen LogP contribution in [0.15, 0.2) is 23.3 Å². The Labute approximate surface area is 147 Å². The molecule has 0 saturated heterocycles. The smallest absolute Gasteiger partial charge is 0.270 e. The number of Topliss-reactive ketones (excluding diaryl/α,β-unsaturated/α-hetero) is 1. The molecule has 2 saturated carbocycles. The number of alkyl halides is 2. The molecule has 4 aliphatic rings. The molecule has 0 heterocycles. The first-order valence-electron chi connectivity index (χ1n) is 9.44. The van der Waals surface area contributed by atoms with Gasteiger partial charge in [0.05, 0.1) is 0 Å². The summed E-state index contributed by atoms with van der Waals surface area (Å²) in [5.41, 5.74) is 0.0922. The van der Waals surface area contributed by atoms with Gasteiger partial charge in [0, 0.05) is 18.4 Å². The van der Waals surface area contributed by atoms with Gasteiger partial charge in [-0.2, -0.15) is 0 Å². The van der Waals surface area contributed by atoms with Crippen LogP contribution in [-0.4, -0.2) is 17.5 Å². The summed E-state index contributed by atoms with van der Waals surface area (Å²) in [4.78, 5) is 23.9. The molecule has 0 spiro atoms. The van der Waals surface area contributed by atoms with Crippen molar-refractivity contribution >= 4 is 11.6 Å². The molecule has 0 aliphatic heterocycles. The number of carbonyl (C=O) groups is 2. The normalized spacial score (nSPS) is 45.0. The Morgan fingerprint density at radius 3 is 2.56 bits per heavy atom. The second-order valence-electron chi connectivity index (χ2n) is 9.09. The number of halogens is 2. The van der Waals surface area contributed by atoms with Gasteiger partial charge in [0.25, 0.3) is 5.92 Å². The van der Waals surface area contributed by atoms with Crippen LogP contribution >= 0.6 is 0 Å². The lowest BCUT2D eigenvalue weighted by Crippen LogP contribution is -2.55. The Morgan fingerprint density at radius 1 is 1.16 bits per heavy atom. The maximum Gasteiger partial charge on any atom is 0.270 e. The van der Waals surface area contributed by atoms with Crippen molar-refractivity contribution < 1.29 is 18.4 Å². The van der Waals surface area contributed by atoms with Crippen LogP contribution < -0.4 is 0 Å². The molecule has 2 nitrogen and oxygen atoms in total. The van der Waals surface area contributed by atoms with Crippen molar-refractivity contribution in [2.45, 2.75) is 65.2 Å². The predicted octanol–water partition coefficient (Wildman–Crippen LogP) is 4.89. The van der Waals surface area contributed by atoms with Crippen molar-refractivity contribution in [3.63, 3.8) is 0 Å². The maximum absolute atomic E-state index is 15.1. The highest BCUT2D eigenvalue weighted by molar-refractivity contribution is 5.95. The van der Waals surface area contributed by atoms with Gasteiger partial charge in [-0.05, 0) is 72.8 Å². The average molecular weight is 348 g/mol. The van der Waals surface area contributed by atoms with E-state index in [0.29, 0.717) is 12.8 Å². The Kier molecular flexibility index (Phi) is 3.50. The molecular formula is C21H26F2O2. The zero-order chi connectivity index (χ0) is 18.2. The van der Waals surface area contributed by atoms with E-state index in [1.165, 1.54) is 6.08 Å². The second-order valence-corrected chi connectivity index (χ2v) is 9.09. The molecule has 0 bridgehead atoms. The lowest BCUT2D eigenvalue weighted by Gasteiger charge is -2.59. The Morgan fingerprint density at radius 2 is 1.88 bits per heavy atom. The molecule has 0 radical (unpaired) electrons. The van der Waals surface area contributed by atoms with Gasteiger partial charge < -0.3 is 0 Å². The van der Waals surface area contributed by atoms with E-state index in [2.05, 4.69) is 6.92 Å². The van der Waals surface area contributed by atoms with Crippen LogP contribution in [0.4, 0.5) is 8.78 Å². The van der Waals surface area contributed by atoms with E-state index >= 15 is 8.78 Å². The molecule has 136 valence electrons. The zero-order valence-corrected chi connectivity index (χ0v) is 15.2. The maximum atomic E-state index is 15.1. The molecule has 4 rings (SSSR count). The molecule has 5 atom stereocenters. The number of rotatable bonds is 1. The molecule has 0 unspecified atom stereocenters. The van der Waals surface area contributed by atoms with Gasteiger partial charge in [-0.25, -0.2) is 8.78 Å². The highest BCUT2D eigenvalue weighted by atomic mass is 19.3. The minimum Gasteiger partial charge on any atom is -0.295 e. The summed E-state index contributed by atoms with van der Waals surface area (Å²) in [6, 6.07) is 0. The summed E-state index contributed by atoms with van der Waals surface area (Å²) in [6.07, 6.45) is 6.46. The fourth-order valence-corrected chi connectivity index (χ4v) is 6.71. The molecule has 2 fully saturated rings. The van der Waals surface area contributed by atoms with E-state index < -0.39 is 11.3 Å². The number of hydrogen-bond donors (Lipinski definition) is 0. The van der Waals surface area contributed by atoms with E-state index in [1.807, 2.05) is 13.0 Å². The number of allylic oxidation sites excluding steroid dienone is 4. The number of fused-ring (bicyclic) bond motifs is 5. The third-order valence-electron chi connectivity index (χ3n) is 7.91. The van der Waals surface area contributed by atoms with Crippen LogP contribution in [-0.2, 0) is 9.59 Å². The third-order valence-corrected chi connectivity index (χ3v) is 7.91. The molecule has 4 heteroatoms. The summed E-state index contributed by atoms with van der Waals surface area (Å²) in [6.45, 7) is 5.65. The first kappa shape index (κ1) is 17.1. The monoisotopic (exact) mass is 348 g/mol. The van der Waals surface area contributed by atoms with Crippen molar-refractivity contribution in [2.75, 3.05) is 0 Å². The van der Waals surface area contributed by atoms with Crippen LogP contribution in [0.1, 0.15) is 59.3 Å². The quantitative estimate of drug-likeness (QED) is 0.676. The standard InChI is InChI=1S/C21H26F2O2/c1-12(24)15-4-5-16-14-11-21(22,23)18-10-13(25)6-8-20(18,3)17(14)7-9-19(15,16)2/h4,10,14,16-17H,5-9,11H2,1-3H3/t14-,16-,17-,19+,20+/m0/s1. The molecule has 0 amide bonds. The van der Waals surface area contributed by atoms with Crippen molar-refractivity contribution in [3.05, 3.63) is 23.3 Å². The number of hydrogen-bond acceptors (Lipinski definition) is 2. The summed E-state index contributed by atoms with van der Waals surface area (Å²) in [7, 11) is 0. The number of carbonyl (C=O) groups excluding carboxylic acids is 2. The molecule has 4 aliphatic carbocycles. The fourth-order valence-electron chi connectivity index (χ4n) is 6.71. The molecule has 0 aromatic carbocycles. The van der Waals surface area contributed by atoms with Gasteiger partial charge in [0.2, 0.25) is 0 Å². The molecule has 0 aromatic heterocycles. The molecule has 0 N–H and O–H groups in total. The van der Waals surface area contributed by atoms with Crippen molar-refractivity contribution in [2.24, 2.45) is 28.6 Å². The number of ketones is 2. The predicted molar refractivity (Wildman–Crippen MR) is 91.2 cm³/mol. The van der Waals surface area contributed by atoms with Gasteiger partial charge in [-0.15, -0.1) is 0 Å². The van der Waals surface area contributed by atoms with Crippen molar-refractivity contribution in [1.29, 1.82) is 0 Å². The fraction of sp³-hybridized carbons (Fsp3) is 0.714. The van der Waals surface area contributed by atoms with Gasteiger partial charge in [-0.3, -0.25) is 9.59 Å². The van der Waals surface area contributed by atoms with Crippen LogP contribution in [0, 0.1) is 28.6 Å². The molecular weight excluding hydrogens is 322 g/mol. The summed E-state index contributed by atoms with van der Waals surface area (Å²) in [5.74, 6) is -2.77. The highest BCUT2D eigenvalue weighted by Gasteiger charge is 2.63. The van der Waals surface area contributed by atoms with E-state index in [4.69, 9.17) is 0 Å². The summed E-state index contributed by atoms with van der Waals surface area (Å²) in [5, 5.41) is 0. The molecule has 0 aromatic rings. The summed E-state index contributed by atoms with van der Waals surface area (Å²) < 4.78 is 30.1. The van der Waals surface area contributed by atoms with E-state index in [0.717, 1.165) is 24.8 Å². The lowest BCUT2D eigenvalue weighted by molar-refractivity contribution is -0.133. The van der Waals surface area contributed by atoms with Crippen LogP contribution in [0.3, 0.4) is 0 Å². The van der Waals surface area contributed by atoms with E-state index in [9.17, 15) is 9.59 Å². The second kappa shape index (κ2) is 5.11. The SMILES string of the molecule is CC(=O)C1=CC[C@H]2[C@@H]3CC(F)(F)C4=CC(=O)CC[C@]4(C)[C@H]3CC[C@]12C. The third kappa shape index (κ3) is 2.18. The Hall–Kier alpha value is -1.32. The average Bonchev–Trinajstić information content (AvgIpc) is 2.86. The van der Waals surface area contributed by atoms with Gasteiger partial charge in [-0.1, -0.05) is 19.9 Å². The van der Waals surface area contributed by atoms with E-state index in [-0.39, 0.29) is 46.7 Å².